The maximum absolute atomic E-state index is 12.9. The monoisotopic (exact) mass is 265 g/mol. The molecule has 1 aliphatic heterocycles. The van der Waals surface area contributed by atoms with Crippen LogP contribution in [-0.4, -0.2) is 42.9 Å². The summed E-state index contributed by atoms with van der Waals surface area (Å²) in [7, 11) is 0. The first-order chi connectivity index (χ1) is 9.16. The predicted octanol–water partition coefficient (Wildman–Crippen LogP) is -0.126. The maximum atomic E-state index is 12.9. The van der Waals surface area contributed by atoms with E-state index < -0.39 is 11.8 Å². The van der Waals surface area contributed by atoms with Gasteiger partial charge >= 0.3 is 11.8 Å². The number of nitrogens with one attached hydrogen (secondary N) is 2. The lowest BCUT2D eigenvalue weighted by atomic mass is 10.2. The number of amides is 2. The minimum Gasteiger partial charge on any atom is -0.344 e. The zero-order valence-electron chi connectivity index (χ0n) is 10.5. The Balaban J connectivity index is 1.85. The molecule has 2 N–H and O–H groups in total. The average Bonchev–Trinajstić information content (AvgIpc) is 2.45. The van der Waals surface area contributed by atoms with Crippen LogP contribution in [0, 0.1) is 5.82 Å². The molecule has 0 aliphatic carbocycles. The highest BCUT2D eigenvalue weighted by atomic mass is 19.1. The van der Waals surface area contributed by atoms with Crippen molar-refractivity contribution in [1.29, 1.82) is 0 Å². The molecule has 6 heteroatoms. The Labute approximate surface area is 110 Å². The first-order valence-corrected chi connectivity index (χ1v) is 6.19. The summed E-state index contributed by atoms with van der Waals surface area (Å²) in [6.45, 7) is 2.61. The topological polar surface area (TPSA) is 61.4 Å². The van der Waals surface area contributed by atoms with E-state index in [0.717, 1.165) is 0 Å². The number of hydrogen-bond donors (Lipinski definition) is 2. The molecule has 1 aliphatic rings. The van der Waals surface area contributed by atoms with Crippen molar-refractivity contribution < 1.29 is 14.0 Å². The summed E-state index contributed by atoms with van der Waals surface area (Å²) >= 11 is 0. The molecule has 0 unspecified atom stereocenters. The van der Waals surface area contributed by atoms with Gasteiger partial charge in [-0.2, -0.15) is 0 Å². The van der Waals surface area contributed by atoms with Crippen molar-refractivity contribution in [1.82, 2.24) is 15.5 Å². The van der Waals surface area contributed by atoms with E-state index in [1.807, 2.05) is 0 Å². The minimum atomic E-state index is -0.647. The maximum Gasteiger partial charge on any atom is 0.311 e. The third-order valence-corrected chi connectivity index (χ3v) is 2.94. The van der Waals surface area contributed by atoms with Crippen molar-refractivity contribution in [2.45, 2.75) is 6.54 Å². The van der Waals surface area contributed by atoms with Gasteiger partial charge in [-0.3, -0.25) is 9.59 Å². The number of piperazine rings is 1. The van der Waals surface area contributed by atoms with Crippen LogP contribution in [0.2, 0.25) is 0 Å². The van der Waals surface area contributed by atoms with Gasteiger partial charge in [0.1, 0.15) is 5.82 Å². The molecular weight excluding hydrogens is 249 g/mol. The van der Waals surface area contributed by atoms with E-state index >= 15 is 0 Å². The Hall–Kier alpha value is -1.95. The molecule has 1 heterocycles. The lowest BCUT2D eigenvalue weighted by Crippen LogP contribution is -2.51. The Morgan fingerprint density at radius 1 is 1.32 bits per heavy atom. The summed E-state index contributed by atoms with van der Waals surface area (Å²) in [5.41, 5.74) is 0.626. The van der Waals surface area contributed by atoms with E-state index in [9.17, 15) is 14.0 Å². The van der Waals surface area contributed by atoms with Crippen molar-refractivity contribution in [3.05, 3.63) is 35.6 Å². The molecule has 0 atom stereocenters. The number of nitrogens with zero attached hydrogens (tertiary/aromatic N) is 1. The summed E-state index contributed by atoms with van der Waals surface area (Å²) < 4.78 is 12.9. The molecule has 2 rings (SSSR count). The second kappa shape index (κ2) is 6.29. The van der Waals surface area contributed by atoms with E-state index in [4.69, 9.17) is 0 Å². The van der Waals surface area contributed by atoms with E-state index in [1.165, 1.54) is 17.0 Å². The molecule has 1 aromatic carbocycles. The number of benzene rings is 1. The molecule has 0 saturated carbocycles. The summed E-state index contributed by atoms with van der Waals surface area (Å²) in [6.07, 6.45) is 0. The summed E-state index contributed by atoms with van der Waals surface area (Å²) in [5.74, 6) is -1.54. The molecule has 1 fully saturated rings. The summed E-state index contributed by atoms with van der Waals surface area (Å²) in [6, 6.07) is 5.92. The molecule has 0 radical (unpaired) electrons. The van der Waals surface area contributed by atoms with Crippen molar-refractivity contribution in [3.8, 4) is 0 Å². The second-order valence-electron chi connectivity index (χ2n) is 4.35. The van der Waals surface area contributed by atoms with E-state index in [2.05, 4.69) is 10.6 Å². The standard InChI is InChI=1S/C13H16FN3O2/c14-11-3-1-2-10(8-11)9-16-12(18)13(19)17-6-4-15-5-7-17/h1-3,8,15H,4-7,9H2,(H,16,18). The van der Waals surface area contributed by atoms with Crippen LogP contribution in [0.4, 0.5) is 4.39 Å². The van der Waals surface area contributed by atoms with Crippen LogP contribution in [0.5, 0.6) is 0 Å². The van der Waals surface area contributed by atoms with E-state index in [0.29, 0.717) is 31.7 Å². The normalized spacial score (nSPS) is 15.1. The second-order valence-corrected chi connectivity index (χ2v) is 4.35. The molecule has 2 amide bonds. The van der Waals surface area contributed by atoms with Crippen molar-refractivity contribution >= 4 is 11.8 Å². The van der Waals surface area contributed by atoms with Gasteiger partial charge in [0, 0.05) is 32.7 Å². The van der Waals surface area contributed by atoms with Crippen LogP contribution in [-0.2, 0) is 16.1 Å². The fourth-order valence-electron chi connectivity index (χ4n) is 1.92. The Morgan fingerprint density at radius 2 is 2.05 bits per heavy atom. The third-order valence-electron chi connectivity index (χ3n) is 2.94. The molecule has 5 nitrogen and oxygen atoms in total. The zero-order chi connectivity index (χ0) is 13.7. The van der Waals surface area contributed by atoms with Crippen molar-refractivity contribution in [2.24, 2.45) is 0 Å². The van der Waals surface area contributed by atoms with Crippen LogP contribution in [0.15, 0.2) is 24.3 Å². The number of carbonyl (C=O) groups excluding carboxylic acids is 2. The predicted molar refractivity (Wildman–Crippen MR) is 67.7 cm³/mol. The SMILES string of the molecule is O=C(NCc1cccc(F)c1)C(=O)N1CCNCC1. The Morgan fingerprint density at radius 3 is 2.74 bits per heavy atom. The number of rotatable bonds is 2. The molecule has 19 heavy (non-hydrogen) atoms. The molecule has 0 bridgehead atoms. The molecule has 0 aromatic heterocycles. The molecule has 1 saturated heterocycles. The summed E-state index contributed by atoms with van der Waals surface area (Å²) in [4.78, 5) is 25.0. The van der Waals surface area contributed by atoms with E-state index in [1.54, 1.807) is 12.1 Å². The molecular formula is C13H16FN3O2. The fourth-order valence-corrected chi connectivity index (χ4v) is 1.92. The van der Waals surface area contributed by atoms with Crippen LogP contribution in [0.1, 0.15) is 5.56 Å². The number of carbonyl (C=O) groups is 2. The van der Waals surface area contributed by atoms with Gasteiger partial charge in [-0.1, -0.05) is 12.1 Å². The van der Waals surface area contributed by atoms with Crippen LogP contribution in [0.25, 0.3) is 0 Å². The lowest BCUT2D eigenvalue weighted by molar-refractivity contribution is -0.146. The Kier molecular flexibility index (Phi) is 4.46. The quantitative estimate of drug-likeness (QED) is 0.733. The van der Waals surface area contributed by atoms with Crippen LogP contribution >= 0.6 is 0 Å². The van der Waals surface area contributed by atoms with Crippen molar-refractivity contribution in [2.75, 3.05) is 26.2 Å². The van der Waals surface area contributed by atoms with Gasteiger partial charge in [-0.15, -0.1) is 0 Å². The Bertz CT molecular complexity index is 473. The smallest absolute Gasteiger partial charge is 0.311 e. The molecule has 1 aromatic rings. The van der Waals surface area contributed by atoms with Gasteiger partial charge in [-0.25, -0.2) is 4.39 Å². The average molecular weight is 265 g/mol. The van der Waals surface area contributed by atoms with Crippen LogP contribution < -0.4 is 10.6 Å². The van der Waals surface area contributed by atoms with Gasteiger partial charge in [0.2, 0.25) is 0 Å². The number of halogens is 1. The van der Waals surface area contributed by atoms with Gasteiger partial charge < -0.3 is 15.5 Å². The summed E-state index contributed by atoms with van der Waals surface area (Å²) in [5, 5.41) is 5.61. The van der Waals surface area contributed by atoms with Crippen LogP contribution in [0.3, 0.4) is 0 Å². The molecule has 102 valence electrons. The molecule has 0 spiro atoms. The first-order valence-electron chi connectivity index (χ1n) is 6.19. The third kappa shape index (κ3) is 3.75. The fraction of sp³-hybridized carbons (Fsp3) is 0.385. The van der Waals surface area contributed by atoms with Gasteiger partial charge in [0.15, 0.2) is 0 Å². The van der Waals surface area contributed by atoms with Gasteiger partial charge in [0.25, 0.3) is 0 Å². The first kappa shape index (κ1) is 13.5. The highest BCUT2D eigenvalue weighted by molar-refractivity contribution is 6.34. The van der Waals surface area contributed by atoms with E-state index in [-0.39, 0.29) is 12.4 Å². The van der Waals surface area contributed by atoms with Gasteiger partial charge in [0.05, 0.1) is 0 Å². The highest BCUT2D eigenvalue weighted by Crippen LogP contribution is 2.03. The van der Waals surface area contributed by atoms with Crippen molar-refractivity contribution in [3.63, 3.8) is 0 Å². The highest BCUT2D eigenvalue weighted by Gasteiger charge is 2.22. The zero-order valence-corrected chi connectivity index (χ0v) is 10.5. The van der Waals surface area contributed by atoms with Gasteiger partial charge in [-0.05, 0) is 17.7 Å². The minimum absolute atomic E-state index is 0.147. The lowest BCUT2D eigenvalue weighted by Gasteiger charge is -2.26. The number of hydrogen-bond acceptors (Lipinski definition) is 3. The largest absolute Gasteiger partial charge is 0.344 e.